The lowest BCUT2D eigenvalue weighted by atomic mass is 10.1. The lowest BCUT2D eigenvalue weighted by molar-refractivity contribution is 0.186. The number of anilines is 1. The predicted octanol–water partition coefficient (Wildman–Crippen LogP) is 4.03. The smallest absolute Gasteiger partial charge is 0.150 e. The molecule has 0 saturated carbocycles. The zero-order chi connectivity index (χ0) is 15.2. The van der Waals surface area contributed by atoms with Gasteiger partial charge in [0.05, 0.1) is 12.1 Å². The van der Waals surface area contributed by atoms with Gasteiger partial charge in [-0.05, 0) is 31.9 Å². The van der Waals surface area contributed by atoms with E-state index in [4.69, 9.17) is 15.5 Å². The number of nitrogens with zero attached hydrogens (tertiary/aromatic N) is 2. The Labute approximate surface area is 126 Å². The summed E-state index contributed by atoms with van der Waals surface area (Å²) in [5, 5.41) is 1.10. The Balaban J connectivity index is 2.48. The van der Waals surface area contributed by atoms with Crippen LogP contribution in [0, 0.1) is 6.92 Å². The average Bonchev–Trinajstić information content (AvgIpc) is 2.49. The summed E-state index contributed by atoms with van der Waals surface area (Å²) in [7, 11) is 0. The molecule has 0 saturated heterocycles. The van der Waals surface area contributed by atoms with Crippen molar-refractivity contribution in [1.29, 1.82) is 0 Å². The molecule has 0 fully saturated rings. The van der Waals surface area contributed by atoms with Gasteiger partial charge in [0.1, 0.15) is 11.5 Å². The van der Waals surface area contributed by atoms with Crippen LogP contribution in [0.15, 0.2) is 29.3 Å². The van der Waals surface area contributed by atoms with E-state index in [1.54, 1.807) is 0 Å². The summed E-state index contributed by atoms with van der Waals surface area (Å²) >= 11 is 0. The van der Waals surface area contributed by atoms with Crippen LogP contribution in [0.5, 0.6) is 0 Å². The van der Waals surface area contributed by atoms with Gasteiger partial charge in [0.2, 0.25) is 0 Å². The number of aliphatic imine (C=N–C) groups is 1. The number of benzene rings is 1. The standard InChI is InChI=1S/C17H23N3O/c1-4-8-13(11-21-5-2)19-16-12(3)14-9-6-7-10-15(14)20-17(16)18/h6-7,9-10H,4-5,8,11H2,1-3H3,(H2,18,20). The van der Waals surface area contributed by atoms with E-state index in [1.165, 1.54) is 0 Å². The third-order valence-corrected chi connectivity index (χ3v) is 3.43. The molecular formula is C17H23N3O. The van der Waals surface area contributed by atoms with Crippen molar-refractivity contribution < 1.29 is 4.74 Å². The largest absolute Gasteiger partial charge is 0.382 e. The predicted molar refractivity (Wildman–Crippen MR) is 89.4 cm³/mol. The maximum atomic E-state index is 6.10. The number of nitrogens with two attached hydrogens (primary N) is 1. The normalized spacial score (nSPS) is 12.0. The van der Waals surface area contributed by atoms with Crippen LogP contribution in [-0.4, -0.2) is 23.9 Å². The van der Waals surface area contributed by atoms with Crippen LogP contribution in [0.2, 0.25) is 0 Å². The minimum absolute atomic E-state index is 0.483. The molecule has 0 aliphatic heterocycles. The molecule has 0 unspecified atom stereocenters. The minimum atomic E-state index is 0.483. The summed E-state index contributed by atoms with van der Waals surface area (Å²) in [6.45, 7) is 7.41. The van der Waals surface area contributed by atoms with Gasteiger partial charge in [-0.15, -0.1) is 0 Å². The van der Waals surface area contributed by atoms with Gasteiger partial charge in [0.15, 0.2) is 0 Å². The van der Waals surface area contributed by atoms with Gasteiger partial charge in [-0.3, -0.25) is 4.99 Å². The average molecular weight is 285 g/mol. The van der Waals surface area contributed by atoms with Crippen LogP contribution in [-0.2, 0) is 4.74 Å². The first-order chi connectivity index (χ1) is 10.2. The van der Waals surface area contributed by atoms with Crippen molar-refractivity contribution in [1.82, 2.24) is 4.98 Å². The highest BCUT2D eigenvalue weighted by molar-refractivity contribution is 5.94. The Kier molecular flexibility index (Phi) is 5.28. The molecule has 2 aromatic rings. The van der Waals surface area contributed by atoms with Crippen LogP contribution >= 0.6 is 0 Å². The summed E-state index contributed by atoms with van der Waals surface area (Å²) < 4.78 is 5.50. The van der Waals surface area contributed by atoms with Gasteiger partial charge >= 0.3 is 0 Å². The van der Waals surface area contributed by atoms with Crippen molar-refractivity contribution >= 4 is 28.1 Å². The first-order valence-electron chi connectivity index (χ1n) is 7.46. The number of nitrogen functional groups attached to an aromatic ring is 1. The fourth-order valence-electron chi connectivity index (χ4n) is 2.36. The summed E-state index contributed by atoms with van der Waals surface area (Å²) in [6.07, 6.45) is 1.94. The number of hydrogen-bond acceptors (Lipinski definition) is 4. The molecular weight excluding hydrogens is 262 g/mol. The molecule has 1 aromatic heterocycles. The number of pyridine rings is 1. The highest BCUT2D eigenvalue weighted by Gasteiger charge is 2.10. The fourth-order valence-corrected chi connectivity index (χ4v) is 2.36. The quantitative estimate of drug-likeness (QED) is 0.815. The molecule has 0 aliphatic carbocycles. The lowest BCUT2D eigenvalue weighted by Crippen LogP contribution is -2.09. The van der Waals surface area contributed by atoms with Crippen LogP contribution in [0.3, 0.4) is 0 Å². The number of ether oxygens (including phenoxy) is 1. The zero-order valence-corrected chi connectivity index (χ0v) is 13.0. The maximum Gasteiger partial charge on any atom is 0.150 e. The molecule has 0 radical (unpaired) electrons. The van der Waals surface area contributed by atoms with E-state index in [1.807, 2.05) is 32.0 Å². The monoisotopic (exact) mass is 285 g/mol. The number of rotatable bonds is 6. The second-order valence-corrected chi connectivity index (χ2v) is 5.05. The molecule has 2 N–H and O–H groups in total. The van der Waals surface area contributed by atoms with Gasteiger partial charge in [0.25, 0.3) is 0 Å². The van der Waals surface area contributed by atoms with E-state index >= 15 is 0 Å². The number of aromatic nitrogens is 1. The van der Waals surface area contributed by atoms with Crippen molar-refractivity contribution in [2.45, 2.75) is 33.6 Å². The Bertz CT molecular complexity index is 650. The molecule has 1 heterocycles. The Morgan fingerprint density at radius 1 is 1.29 bits per heavy atom. The van der Waals surface area contributed by atoms with Crippen LogP contribution in [0.4, 0.5) is 11.5 Å². The van der Waals surface area contributed by atoms with Gasteiger partial charge in [-0.2, -0.15) is 0 Å². The Morgan fingerprint density at radius 3 is 2.76 bits per heavy atom. The number of para-hydroxylation sites is 1. The van der Waals surface area contributed by atoms with Gasteiger partial charge in [-0.1, -0.05) is 31.5 Å². The molecule has 112 valence electrons. The molecule has 4 heteroatoms. The number of hydrogen-bond donors (Lipinski definition) is 1. The first kappa shape index (κ1) is 15.4. The van der Waals surface area contributed by atoms with E-state index in [0.29, 0.717) is 19.0 Å². The van der Waals surface area contributed by atoms with E-state index in [-0.39, 0.29) is 0 Å². The highest BCUT2D eigenvalue weighted by Crippen LogP contribution is 2.31. The van der Waals surface area contributed by atoms with E-state index < -0.39 is 0 Å². The van der Waals surface area contributed by atoms with Gasteiger partial charge in [-0.25, -0.2) is 4.98 Å². The maximum absolute atomic E-state index is 6.10. The molecule has 4 nitrogen and oxygen atoms in total. The third-order valence-electron chi connectivity index (χ3n) is 3.43. The molecule has 1 aromatic carbocycles. The Hall–Kier alpha value is -1.94. The van der Waals surface area contributed by atoms with Crippen molar-refractivity contribution in [3.63, 3.8) is 0 Å². The summed E-state index contributed by atoms with van der Waals surface area (Å²) in [5.74, 6) is 0.483. The van der Waals surface area contributed by atoms with Crippen molar-refractivity contribution in [2.24, 2.45) is 4.99 Å². The first-order valence-corrected chi connectivity index (χ1v) is 7.46. The molecule has 0 atom stereocenters. The second-order valence-electron chi connectivity index (χ2n) is 5.05. The SMILES string of the molecule is CCCC(COCC)=Nc1c(N)nc2ccccc2c1C. The van der Waals surface area contributed by atoms with Crippen LogP contribution < -0.4 is 5.73 Å². The molecule has 21 heavy (non-hydrogen) atoms. The fraction of sp³-hybridized carbons (Fsp3) is 0.412. The van der Waals surface area contributed by atoms with Crippen molar-refractivity contribution in [2.75, 3.05) is 18.9 Å². The molecule has 0 amide bonds. The second kappa shape index (κ2) is 7.18. The summed E-state index contributed by atoms with van der Waals surface area (Å²) in [5.41, 5.74) is 9.88. The van der Waals surface area contributed by atoms with E-state index in [9.17, 15) is 0 Å². The molecule has 0 aliphatic rings. The number of aryl methyl sites for hydroxylation is 1. The highest BCUT2D eigenvalue weighted by atomic mass is 16.5. The lowest BCUT2D eigenvalue weighted by Gasteiger charge is -2.11. The topological polar surface area (TPSA) is 60.5 Å². The minimum Gasteiger partial charge on any atom is -0.382 e. The van der Waals surface area contributed by atoms with Gasteiger partial charge < -0.3 is 10.5 Å². The van der Waals surface area contributed by atoms with Crippen LogP contribution in [0.25, 0.3) is 10.9 Å². The van der Waals surface area contributed by atoms with Crippen LogP contribution in [0.1, 0.15) is 32.3 Å². The molecule has 0 spiro atoms. The van der Waals surface area contributed by atoms with E-state index in [0.717, 1.165) is 40.7 Å². The van der Waals surface area contributed by atoms with Crippen molar-refractivity contribution in [3.05, 3.63) is 29.8 Å². The van der Waals surface area contributed by atoms with E-state index in [2.05, 4.69) is 18.0 Å². The summed E-state index contributed by atoms with van der Waals surface area (Å²) in [4.78, 5) is 9.20. The Morgan fingerprint density at radius 2 is 2.05 bits per heavy atom. The van der Waals surface area contributed by atoms with Gasteiger partial charge in [0, 0.05) is 17.7 Å². The molecule has 0 bridgehead atoms. The van der Waals surface area contributed by atoms with Crippen molar-refractivity contribution in [3.8, 4) is 0 Å². The molecule has 2 rings (SSSR count). The third kappa shape index (κ3) is 3.58. The number of fused-ring (bicyclic) bond motifs is 1. The zero-order valence-electron chi connectivity index (χ0n) is 13.0. The summed E-state index contributed by atoms with van der Waals surface area (Å²) in [6, 6.07) is 8.00.